The highest BCUT2D eigenvalue weighted by Gasteiger charge is 2.30. The summed E-state index contributed by atoms with van der Waals surface area (Å²) in [6, 6.07) is 17.8. The third-order valence-electron chi connectivity index (χ3n) is 6.49. The molecule has 0 spiro atoms. The third kappa shape index (κ3) is 8.87. The second-order valence-electron chi connectivity index (χ2n) is 9.53. The number of ether oxygens (including phenoxy) is 1. The van der Waals surface area contributed by atoms with Gasteiger partial charge in [0.15, 0.2) is 0 Å². The predicted molar refractivity (Wildman–Crippen MR) is 145 cm³/mol. The van der Waals surface area contributed by atoms with Gasteiger partial charge >= 0.3 is 12.1 Å². The highest BCUT2D eigenvalue weighted by molar-refractivity contribution is 5.94. The van der Waals surface area contributed by atoms with Gasteiger partial charge in [-0.2, -0.15) is 13.2 Å². The second kappa shape index (κ2) is 13.8. The number of carboxylic acid groups (broad SMARTS) is 1. The van der Waals surface area contributed by atoms with Crippen molar-refractivity contribution < 1.29 is 32.6 Å². The van der Waals surface area contributed by atoms with Crippen molar-refractivity contribution in [2.24, 2.45) is 0 Å². The first-order chi connectivity index (χ1) is 18.6. The van der Waals surface area contributed by atoms with Crippen LogP contribution >= 0.6 is 0 Å². The molecule has 0 saturated carbocycles. The number of amides is 1. The van der Waals surface area contributed by atoms with Gasteiger partial charge in [-0.05, 0) is 78.4 Å². The standard InChI is InChI=1S/C31H34F3NO4/c1-3-4-5-6-7-28(23-8-10-24(11-9-23)30(38)35-19-18-29(36)37)39-26-16-17-27(21(2)20-26)22-12-14-25(15-13-22)31(32,33)34/h8-17,20,28H,3-7,18-19H2,1-2H3,(H,35,38)(H,36,37). The van der Waals surface area contributed by atoms with Crippen LogP contribution in [0.25, 0.3) is 11.1 Å². The smallest absolute Gasteiger partial charge is 0.416 e. The third-order valence-corrected chi connectivity index (χ3v) is 6.49. The van der Waals surface area contributed by atoms with E-state index in [1.807, 2.05) is 37.3 Å². The minimum absolute atomic E-state index is 0.0565. The highest BCUT2D eigenvalue weighted by atomic mass is 19.4. The number of halogens is 3. The molecule has 3 aromatic rings. The van der Waals surface area contributed by atoms with E-state index in [-0.39, 0.29) is 25.0 Å². The van der Waals surface area contributed by atoms with Gasteiger partial charge in [0, 0.05) is 12.1 Å². The van der Waals surface area contributed by atoms with Crippen molar-refractivity contribution in [3.05, 3.63) is 89.0 Å². The van der Waals surface area contributed by atoms with Crippen LogP contribution in [0.2, 0.25) is 0 Å². The maximum atomic E-state index is 12.9. The number of benzene rings is 3. The quantitative estimate of drug-likeness (QED) is 0.215. The molecule has 5 nitrogen and oxygen atoms in total. The van der Waals surface area contributed by atoms with Crippen molar-refractivity contribution >= 4 is 11.9 Å². The minimum Gasteiger partial charge on any atom is -0.486 e. The molecule has 8 heteroatoms. The van der Waals surface area contributed by atoms with Crippen molar-refractivity contribution in [3.63, 3.8) is 0 Å². The average molecular weight is 542 g/mol. The molecule has 1 unspecified atom stereocenters. The Morgan fingerprint density at radius 1 is 0.949 bits per heavy atom. The summed E-state index contributed by atoms with van der Waals surface area (Å²) in [5.74, 6) is -0.659. The molecule has 0 heterocycles. The Kier molecular flexibility index (Phi) is 10.5. The van der Waals surface area contributed by atoms with Crippen molar-refractivity contribution in [1.82, 2.24) is 5.32 Å². The van der Waals surface area contributed by atoms with Crippen molar-refractivity contribution in [3.8, 4) is 16.9 Å². The Morgan fingerprint density at radius 3 is 2.23 bits per heavy atom. The van der Waals surface area contributed by atoms with E-state index in [2.05, 4.69) is 12.2 Å². The fourth-order valence-electron chi connectivity index (χ4n) is 4.32. The van der Waals surface area contributed by atoms with Gasteiger partial charge in [-0.3, -0.25) is 9.59 Å². The van der Waals surface area contributed by atoms with Crippen LogP contribution in [0, 0.1) is 6.92 Å². The van der Waals surface area contributed by atoms with Crippen LogP contribution in [-0.4, -0.2) is 23.5 Å². The summed E-state index contributed by atoms with van der Waals surface area (Å²) in [6.07, 6.45) is 0.302. The molecule has 3 aromatic carbocycles. The van der Waals surface area contributed by atoms with Gasteiger partial charge < -0.3 is 15.2 Å². The van der Waals surface area contributed by atoms with Gasteiger partial charge in [-0.1, -0.05) is 56.5 Å². The summed E-state index contributed by atoms with van der Waals surface area (Å²) in [6.45, 7) is 4.10. The van der Waals surface area contributed by atoms with Crippen LogP contribution in [0.15, 0.2) is 66.7 Å². The molecule has 0 aliphatic heterocycles. The Morgan fingerprint density at radius 2 is 1.64 bits per heavy atom. The first kappa shape index (κ1) is 29.7. The number of carbonyl (C=O) groups excluding carboxylic acids is 1. The van der Waals surface area contributed by atoms with E-state index in [0.717, 1.165) is 60.9 Å². The van der Waals surface area contributed by atoms with Gasteiger partial charge in [0.2, 0.25) is 0 Å². The molecule has 0 aliphatic carbocycles. The highest BCUT2D eigenvalue weighted by Crippen LogP contribution is 2.34. The molecule has 39 heavy (non-hydrogen) atoms. The second-order valence-corrected chi connectivity index (χ2v) is 9.53. The van der Waals surface area contributed by atoms with Gasteiger partial charge in [-0.25, -0.2) is 0 Å². The number of alkyl halides is 3. The molecular formula is C31H34F3NO4. The lowest BCUT2D eigenvalue weighted by molar-refractivity contribution is -0.138. The lowest BCUT2D eigenvalue weighted by atomic mass is 9.98. The SMILES string of the molecule is CCCCCCC(Oc1ccc(-c2ccc(C(F)(F)F)cc2)c(C)c1)c1ccc(C(=O)NCCC(=O)O)cc1. The molecule has 2 N–H and O–H groups in total. The van der Waals surface area contributed by atoms with E-state index in [0.29, 0.717) is 16.9 Å². The van der Waals surface area contributed by atoms with E-state index >= 15 is 0 Å². The van der Waals surface area contributed by atoms with E-state index < -0.39 is 17.7 Å². The molecule has 0 aromatic heterocycles. The first-order valence-corrected chi connectivity index (χ1v) is 13.1. The Bertz CT molecular complexity index is 1240. The summed E-state index contributed by atoms with van der Waals surface area (Å²) in [5.41, 5.74) is 3.07. The monoisotopic (exact) mass is 541 g/mol. The maximum Gasteiger partial charge on any atom is 0.416 e. The number of rotatable bonds is 13. The lowest BCUT2D eigenvalue weighted by Crippen LogP contribution is -2.26. The molecule has 1 amide bonds. The molecule has 0 bridgehead atoms. The summed E-state index contributed by atoms with van der Waals surface area (Å²) >= 11 is 0. The zero-order valence-corrected chi connectivity index (χ0v) is 22.2. The van der Waals surface area contributed by atoms with Crippen LogP contribution in [-0.2, 0) is 11.0 Å². The summed E-state index contributed by atoms with van der Waals surface area (Å²) in [4.78, 5) is 23.0. The largest absolute Gasteiger partial charge is 0.486 e. The van der Waals surface area contributed by atoms with E-state index in [4.69, 9.17) is 9.84 Å². The molecule has 0 fully saturated rings. The number of carboxylic acids is 1. The van der Waals surface area contributed by atoms with E-state index in [1.54, 1.807) is 12.1 Å². The predicted octanol–water partition coefficient (Wildman–Crippen LogP) is 7.98. The topological polar surface area (TPSA) is 75.6 Å². The molecular weight excluding hydrogens is 507 g/mol. The zero-order valence-electron chi connectivity index (χ0n) is 22.2. The van der Waals surface area contributed by atoms with Gasteiger partial charge in [0.1, 0.15) is 11.9 Å². The Labute approximate surface area is 227 Å². The fraction of sp³-hybridized carbons (Fsp3) is 0.355. The zero-order chi connectivity index (χ0) is 28.4. The summed E-state index contributed by atoms with van der Waals surface area (Å²) in [7, 11) is 0. The molecule has 3 rings (SSSR count). The molecule has 0 aliphatic rings. The van der Waals surface area contributed by atoms with Crippen LogP contribution in [0.3, 0.4) is 0 Å². The minimum atomic E-state index is -4.38. The first-order valence-electron chi connectivity index (χ1n) is 13.1. The lowest BCUT2D eigenvalue weighted by Gasteiger charge is -2.21. The van der Waals surface area contributed by atoms with Crippen LogP contribution in [0.5, 0.6) is 5.75 Å². The van der Waals surface area contributed by atoms with Crippen molar-refractivity contribution in [2.45, 2.75) is 64.7 Å². The van der Waals surface area contributed by atoms with Crippen LogP contribution < -0.4 is 10.1 Å². The van der Waals surface area contributed by atoms with E-state index in [1.165, 1.54) is 12.1 Å². The number of nitrogens with one attached hydrogen (secondary N) is 1. The fourth-order valence-corrected chi connectivity index (χ4v) is 4.32. The number of carbonyl (C=O) groups is 2. The molecule has 208 valence electrons. The number of aryl methyl sites for hydroxylation is 1. The molecule has 0 radical (unpaired) electrons. The number of unbranched alkanes of at least 4 members (excludes halogenated alkanes) is 3. The van der Waals surface area contributed by atoms with Crippen molar-refractivity contribution in [1.29, 1.82) is 0 Å². The molecule has 1 atom stereocenters. The Balaban J connectivity index is 1.75. The van der Waals surface area contributed by atoms with Gasteiger partial charge in [0.05, 0.1) is 12.0 Å². The number of aliphatic carboxylic acids is 1. The summed E-state index contributed by atoms with van der Waals surface area (Å²) in [5, 5.41) is 11.3. The van der Waals surface area contributed by atoms with Crippen LogP contribution in [0.4, 0.5) is 13.2 Å². The number of hydrogen-bond acceptors (Lipinski definition) is 3. The van der Waals surface area contributed by atoms with Crippen molar-refractivity contribution in [2.75, 3.05) is 6.54 Å². The average Bonchev–Trinajstić information content (AvgIpc) is 2.90. The van der Waals surface area contributed by atoms with E-state index in [9.17, 15) is 22.8 Å². The summed E-state index contributed by atoms with van der Waals surface area (Å²) < 4.78 is 45.2. The Hall–Kier alpha value is -3.81. The maximum absolute atomic E-state index is 12.9. The van der Waals surface area contributed by atoms with Gasteiger partial charge in [-0.15, -0.1) is 0 Å². The molecule has 0 saturated heterocycles. The number of hydrogen-bond donors (Lipinski definition) is 2. The normalized spacial score (nSPS) is 12.1. The van der Waals surface area contributed by atoms with Crippen LogP contribution in [0.1, 0.15) is 78.6 Å². The van der Waals surface area contributed by atoms with Gasteiger partial charge in [0.25, 0.3) is 5.91 Å².